The molecule has 0 spiro atoms. The van der Waals surface area contributed by atoms with E-state index in [2.05, 4.69) is 6.07 Å². The zero-order chi connectivity index (χ0) is 21.0. The van der Waals surface area contributed by atoms with Gasteiger partial charge in [-0.3, -0.25) is 0 Å². The average Bonchev–Trinajstić information content (AvgIpc) is 2.72. The Labute approximate surface area is 168 Å². The lowest BCUT2D eigenvalue weighted by Gasteiger charge is -2.27. The number of nitrogens with zero attached hydrogens (tertiary/aromatic N) is 1. The minimum Gasteiger partial charge on any atom is -0.478 e. The van der Waals surface area contributed by atoms with E-state index >= 15 is 0 Å². The lowest BCUT2D eigenvalue weighted by Crippen LogP contribution is -2.23. The van der Waals surface area contributed by atoms with Gasteiger partial charge in [-0.2, -0.15) is 5.26 Å². The van der Waals surface area contributed by atoms with E-state index in [1.165, 1.54) is 12.1 Å². The number of esters is 1. The number of carboxylic acids is 1. The number of allylic oxidation sites excluding steroid dienone is 3. The molecule has 0 radical (unpaired) electrons. The number of hydrogen-bond acceptors (Lipinski definition) is 5. The summed E-state index contributed by atoms with van der Waals surface area (Å²) in [4.78, 5) is 24.1. The Hall–Kier alpha value is -3.85. The van der Waals surface area contributed by atoms with Crippen molar-refractivity contribution in [2.75, 3.05) is 0 Å². The Bertz CT molecular complexity index is 1040. The zero-order valence-electron chi connectivity index (χ0n) is 16.0. The van der Waals surface area contributed by atoms with Gasteiger partial charge in [0.2, 0.25) is 0 Å². The second-order valence-electron chi connectivity index (χ2n) is 6.58. The van der Waals surface area contributed by atoms with E-state index in [0.717, 1.165) is 5.56 Å². The molecular formula is C23H19NO5. The van der Waals surface area contributed by atoms with Crippen molar-refractivity contribution in [2.24, 2.45) is 0 Å². The fourth-order valence-electron chi connectivity index (χ4n) is 3.25. The van der Waals surface area contributed by atoms with Crippen LogP contribution in [0.25, 0.3) is 0 Å². The third kappa shape index (κ3) is 4.19. The number of ether oxygens (including phenoxy) is 2. The van der Waals surface area contributed by atoms with Gasteiger partial charge in [0.1, 0.15) is 18.1 Å². The topological polar surface area (TPSA) is 96.6 Å². The number of hydrogen-bond donors (Lipinski definition) is 1. The molecule has 0 saturated carbocycles. The van der Waals surface area contributed by atoms with Crippen LogP contribution in [-0.2, 0) is 20.9 Å². The largest absolute Gasteiger partial charge is 0.478 e. The van der Waals surface area contributed by atoms with E-state index in [1.807, 2.05) is 30.3 Å². The van der Waals surface area contributed by atoms with Crippen LogP contribution >= 0.6 is 0 Å². The second-order valence-corrected chi connectivity index (χ2v) is 6.58. The molecule has 1 atom stereocenters. The van der Waals surface area contributed by atoms with Crippen LogP contribution < -0.4 is 0 Å². The van der Waals surface area contributed by atoms with Gasteiger partial charge in [0.15, 0.2) is 0 Å². The molecule has 0 saturated heterocycles. The van der Waals surface area contributed by atoms with Crippen molar-refractivity contribution in [3.63, 3.8) is 0 Å². The van der Waals surface area contributed by atoms with Gasteiger partial charge in [-0.15, -0.1) is 0 Å². The molecule has 146 valence electrons. The number of carbonyl (C=O) groups excluding carboxylic acids is 1. The molecule has 3 rings (SSSR count). The van der Waals surface area contributed by atoms with Crippen molar-refractivity contribution in [3.8, 4) is 6.07 Å². The Balaban J connectivity index is 1.96. The standard InChI is InChI=1S/C23H19NO5/c1-14-19(12-24)21(17-8-10-18(11-9-17)22(25)26)20(15(2)29-14)23(27)28-13-16-6-4-3-5-7-16/h3-11,21H,13H2,1-2H3,(H,25,26). The molecule has 0 aliphatic carbocycles. The summed E-state index contributed by atoms with van der Waals surface area (Å²) >= 11 is 0. The number of rotatable bonds is 5. The van der Waals surface area contributed by atoms with Crippen LogP contribution in [0.4, 0.5) is 0 Å². The first-order valence-electron chi connectivity index (χ1n) is 8.96. The fraction of sp³-hybridized carbons (Fsp3) is 0.174. The molecule has 1 aliphatic rings. The summed E-state index contributed by atoms with van der Waals surface area (Å²) in [7, 11) is 0. The van der Waals surface area contributed by atoms with Crippen molar-refractivity contribution < 1.29 is 24.2 Å². The zero-order valence-corrected chi connectivity index (χ0v) is 16.0. The van der Waals surface area contributed by atoms with Crippen LogP contribution in [-0.4, -0.2) is 17.0 Å². The fourth-order valence-corrected chi connectivity index (χ4v) is 3.25. The monoisotopic (exact) mass is 389 g/mol. The number of nitriles is 1. The normalized spacial score (nSPS) is 16.1. The average molecular weight is 389 g/mol. The summed E-state index contributed by atoms with van der Waals surface area (Å²) in [6, 6.07) is 17.5. The van der Waals surface area contributed by atoms with Gasteiger partial charge in [-0.1, -0.05) is 42.5 Å². The summed E-state index contributed by atoms with van der Waals surface area (Å²) in [6.07, 6.45) is 0. The Morgan fingerprint density at radius 3 is 2.31 bits per heavy atom. The molecule has 0 fully saturated rings. The van der Waals surface area contributed by atoms with E-state index in [1.54, 1.807) is 26.0 Å². The summed E-state index contributed by atoms with van der Waals surface area (Å²) in [6.45, 7) is 3.40. The summed E-state index contributed by atoms with van der Waals surface area (Å²) in [5.74, 6) is -1.58. The van der Waals surface area contributed by atoms with Crippen LogP contribution in [0.15, 0.2) is 77.3 Å². The summed E-state index contributed by atoms with van der Waals surface area (Å²) in [5, 5.41) is 18.8. The predicted octanol–water partition coefficient (Wildman–Crippen LogP) is 4.31. The van der Waals surface area contributed by atoms with Crippen LogP contribution in [0, 0.1) is 11.3 Å². The molecule has 0 aromatic heterocycles. The molecule has 0 amide bonds. The molecule has 29 heavy (non-hydrogen) atoms. The van der Waals surface area contributed by atoms with Gasteiger partial charge in [-0.25, -0.2) is 9.59 Å². The van der Waals surface area contributed by atoms with Gasteiger partial charge in [0, 0.05) is 0 Å². The quantitative estimate of drug-likeness (QED) is 0.765. The van der Waals surface area contributed by atoms with E-state index < -0.39 is 17.9 Å². The maximum atomic E-state index is 12.9. The third-order valence-corrected chi connectivity index (χ3v) is 4.69. The number of carbonyl (C=O) groups is 2. The minimum atomic E-state index is -1.05. The molecule has 1 aliphatic heterocycles. The lowest BCUT2D eigenvalue weighted by molar-refractivity contribution is -0.140. The minimum absolute atomic E-state index is 0.0890. The van der Waals surface area contributed by atoms with Crippen molar-refractivity contribution in [3.05, 3.63) is 94.0 Å². The molecule has 1 unspecified atom stereocenters. The maximum Gasteiger partial charge on any atom is 0.338 e. The number of aromatic carboxylic acids is 1. The summed E-state index contributed by atoms with van der Waals surface area (Å²) in [5.41, 5.74) is 2.08. The molecule has 2 aromatic rings. The van der Waals surface area contributed by atoms with Crippen molar-refractivity contribution >= 4 is 11.9 Å². The number of benzene rings is 2. The molecule has 6 nitrogen and oxygen atoms in total. The van der Waals surface area contributed by atoms with Crippen molar-refractivity contribution in [2.45, 2.75) is 26.4 Å². The highest BCUT2D eigenvalue weighted by atomic mass is 16.5. The van der Waals surface area contributed by atoms with E-state index in [-0.39, 0.29) is 23.3 Å². The molecular weight excluding hydrogens is 370 g/mol. The highest BCUT2D eigenvalue weighted by Crippen LogP contribution is 2.40. The van der Waals surface area contributed by atoms with Gasteiger partial charge in [-0.05, 0) is 37.1 Å². The first-order chi connectivity index (χ1) is 13.9. The van der Waals surface area contributed by atoms with Crippen LogP contribution in [0.5, 0.6) is 0 Å². The predicted molar refractivity (Wildman–Crippen MR) is 104 cm³/mol. The van der Waals surface area contributed by atoms with E-state index in [9.17, 15) is 14.9 Å². The molecule has 0 bridgehead atoms. The van der Waals surface area contributed by atoms with Gasteiger partial charge < -0.3 is 14.6 Å². The van der Waals surface area contributed by atoms with Gasteiger partial charge >= 0.3 is 11.9 Å². The van der Waals surface area contributed by atoms with E-state index in [4.69, 9.17) is 14.6 Å². The van der Waals surface area contributed by atoms with E-state index in [0.29, 0.717) is 17.1 Å². The smallest absolute Gasteiger partial charge is 0.338 e. The first kappa shape index (κ1) is 19.9. The highest BCUT2D eigenvalue weighted by molar-refractivity contribution is 5.93. The maximum absolute atomic E-state index is 12.9. The summed E-state index contributed by atoms with van der Waals surface area (Å²) < 4.78 is 11.1. The number of carboxylic acid groups (broad SMARTS) is 1. The molecule has 1 heterocycles. The van der Waals surface area contributed by atoms with Gasteiger partial charge in [0.25, 0.3) is 0 Å². The molecule has 1 N–H and O–H groups in total. The Morgan fingerprint density at radius 1 is 1.07 bits per heavy atom. The second kappa shape index (κ2) is 8.44. The third-order valence-electron chi connectivity index (χ3n) is 4.69. The van der Waals surface area contributed by atoms with Crippen molar-refractivity contribution in [1.82, 2.24) is 0 Å². The van der Waals surface area contributed by atoms with Gasteiger partial charge in [0.05, 0.1) is 28.7 Å². The lowest BCUT2D eigenvalue weighted by atomic mass is 9.82. The van der Waals surface area contributed by atoms with Crippen LogP contribution in [0.1, 0.15) is 41.3 Å². The SMILES string of the molecule is CC1=C(C#N)C(c2ccc(C(=O)O)cc2)C(C(=O)OCc2ccccc2)=C(C)O1. The van der Waals surface area contributed by atoms with Crippen molar-refractivity contribution in [1.29, 1.82) is 5.26 Å². The molecule has 2 aromatic carbocycles. The first-order valence-corrected chi connectivity index (χ1v) is 8.96. The van der Waals surface area contributed by atoms with Crippen LogP contribution in [0.2, 0.25) is 0 Å². The Kier molecular flexibility index (Phi) is 5.79. The molecule has 6 heteroatoms. The Morgan fingerprint density at radius 2 is 1.72 bits per heavy atom. The van der Waals surface area contributed by atoms with Crippen LogP contribution in [0.3, 0.4) is 0 Å². The highest BCUT2D eigenvalue weighted by Gasteiger charge is 2.35.